The second kappa shape index (κ2) is 13.1. The van der Waals surface area contributed by atoms with E-state index in [2.05, 4.69) is 53.1 Å². The van der Waals surface area contributed by atoms with E-state index in [1.807, 2.05) is 115 Å². The molecule has 3 aromatic heterocycles. The Labute approximate surface area is 303 Å². The molecule has 242 valence electrons. The molecule has 0 saturated carbocycles. The molecule has 0 atom stereocenters. The van der Waals surface area contributed by atoms with Gasteiger partial charge in [0.1, 0.15) is 17.1 Å². The Hall–Kier alpha value is -6.03. The SMILES string of the molecule is Oc1cc(-c2ccccc2)cc2cc(-c3ccccc3)c(Oc3[c-]c4c(cc3)c3ccccc3n4-c3cc(-c4ccccc4)ccn3)nc12.[Pt]. The molecule has 0 aliphatic carbocycles. The number of para-hydroxylation sites is 1. The van der Waals surface area contributed by atoms with E-state index in [0.717, 1.165) is 66.4 Å². The molecule has 6 aromatic carbocycles. The maximum Gasteiger partial charge on any atom is 0.225 e. The largest absolute Gasteiger partial charge is 0.506 e. The van der Waals surface area contributed by atoms with Gasteiger partial charge in [0, 0.05) is 49.5 Å². The van der Waals surface area contributed by atoms with Crippen molar-refractivity contribution in [2.45, 2.75) is 0 Å². The van der Waals surface area contributed by atoms with Crippen LogP contribution in [0, 0.1) is 6.07 Å². The molecule has 3 heterocycles. The van der Waals surface area contributed by atoms with Gasteiger partial charge in [-0.05, 0) is 69.6 Å². The summed E-state index contributed by atoms with van der Waals surface area (Å²) in [5, 5.41) is 14.2. The molecule has 0 fully saturated rings. The summed E-state index contributed by atoms with van der Waals surface area (Å²) in [6.07, 6.45) is 1.85. The van der Waals surface area contributed by atoms with E-state index in [1.165, 1.54) is 0 Å². The third kappa shape index (κ3) is 5.62. The molecule has 5 nitrogen and oxygen atoms in total. The van der Waals surface area contributed by atoms with Crippen molar-refractivity contribution < 1.29 is 30.9 Å². The normalized spacial score (nSPS) is 11.1. The Kier molecular flexibility index (Phi) is 8.20. The van der Waals surface area contributed by atoms with E-state index >= 15 is 0 Å². The van der Waals surface area contributed by atoms with Crippen molar-refractivity contribution in [3.05, 3.63) is 170 Å². The standard InChI is InChI=1S/C44H28N3O2.Pt/c48-41-26-33(30-14-6-2-7-15-30)24-34-25-38(31-16-8-3-9-17-31)44(46-43(34)41)49-35-20-21-37-36-18-10-11-19-39(36)47(40(37)28-35)42-27-32(22-23-45-42)29-12-4-1-5-13-29;/h1-27,48H;/q-1;. The molecule has 50 heavy (non-hydrogen) atoms. The van der Waals surface area contributed by atoms with Crippen LogP contribution in [-0.2, 0) is 21.1 Å². The van der Waals surface area contributed by atoms with E-state index < -0.39 is 0 Å². The summed E-state index contributed by atoms with van der Waals surface area (Å²) in [6, 6.07) is 56.2. The van der Waals surface area contributed by atoms with E-state index in [4.69, 9.17) is 14.7 Å². The van der Waals surface area contributed by atoms with E-state index in [-0.39, 0.29) is 26.8 Å². The van der Waals surface area contributed by atoms with Crippen molar-refractivity contribution in [1.82, 2.24) is 14.5 Å². The van der Waals surface area contributed by atoms with Gasteiger partial charge in [0.15, 0.2) is 0 Å². The summed E-state index contributed by atoms with van der Waals surface area (Å²) in [6.45, 7) is 0. The molecular formula is C44H28N3O2Pt-. The number of phenolic OH excluding ortho intramolecular Hbond substituents is 1. The Morgan fingerprint density at radius 3 is 1.98 bits per heavy atom. The van der Waals surface area contributed by atoms with Crippen LogP contribution in [0.15, 0.2) is 164 Å². The fraction of sp³-hybridized carbons (Fsp3) is 0. The molecule has 0 aliphatic rings. The van der Waals surface area contributed by atoms with Gasteiger partial charge in [0.05, 0.1) is 0 Å². The number of hydrogen-bond acceptors (Lipinski definition) is 4. The van der Waals surface area contributed by atoms with Gasteiger partial charge < -0.3 is 14.4 Å². The molecule has 0 amide bonds. The first-order chi connectivity index (χ1) is 24.2. The summed E-state index contributed by atoms with van der Waals surface area (Å²) in [7, 11) is 0. The fourth-order valence-corrected chi connectivity index (χ4v) is 6.58. The molecule has 9 aromatic rings. The van der Waals surface area contributed by atoms with Crippen LogP contribution >= 0.6 is 0 Å². The van der Waals surface area contributed by atoms with Crippen molar-refractivity contribution >= 4 is 32.7 Å². The second-order valence-corrected chi connectivity index (χ2v) is 11.9. The van der Waals surface area contributed by atoms with Crippen molar-refractivity contribution in [1.29, 1.82) is 0 Å². The Bertz CT molecular complexity index is 2640. The number of fused-ring (bicyclic) bond motifs is 4. The van der Waals surface area contributed by atoms with E-state index in [0.29, 0.717) is 17.1 Å². The number of rotatable bonds is 6. The third-order valence-electron chi connectivity index (χ3n) is 8.90. The molecule has 0 aliphatic heterocycles. The third-order valence-corrected chi connectivity index (χ3v) is 8.90. The molecule has 0 bridgehead atoms. The van der Waals surface area contributed by atoms with Gasteiger partial charge in [-0.1, -0.05) is 115 Å². The predicted octanol–water partition coefficient (Wildman–Crippen LogP) is 11.0. The number of ether oxygens (including phenoxy) is 1. The summed E-state index contributed by atoms with van der Waals surface area (Å²) >= 11 is 0. The summed E-state index contributed by atoms with van der Waals surface area (Å²) in [5.41, 5.74) is 8.22. The zero-order valence-corrected chi connectivity index (χ0v) is 28.9. The van der Waals surface area contributed by atoms with Gasteiger partial charge in [-0.3, -0.25) is 0 Å². The van der Waals surface area contributed by atoms with Gasteiger partial charge in [-0.2, -0.15) is 6.07 Å². The van der Waals surface area contributed by atoms with Crippen LogP contribution in [0.5, 0.6) is 17.4 Å². The van der Waals surface area contributed by atoms with Gasteiger partial charge in [-0.15, -0.1) is 17.5 Å². The van der Waals surface area contributed by atoms with Crippen molar-refractivity contribution in [3.63, 3.8) is 0 Å². The number of hydrogen-bond donors (Lipinski definition) is 1. The zero-order valence-electron chi connectivity index (χ0n) is 26.6. The first-order valence-corrected chi connectivity index (χ1v) is 16.1. The molecule has 0 saturated heterocycles. The van der Waals surface area contributed by atoms with Crippen LogP contribution in [0.25, 0.3) is 71.9 Å². The molecule has 0 spiro atoms. The van der Waals surface area contributed by atoms with Gasteiger partial charge in [-0.25, -0.2) is 9.97 Å². The minimum absolute atomic E-state index is 0. The first kappa shape index (κ1) is 31.2. The van der Waals surface area contributed by atoms with Crippen LogP contribution in [0.4, 0.5) is 0 Å². The van der Waals surface area contributed by atoms with Crippen LogP contribution < -0.4 is 4.74 Å². The van der Waals surface area contributed by atoms with Gasteiger partial charge in [0.25, 0.3) is 0 Å². The van der Waals surface area contributed by atoms with Crippen molar-refractivity contribution in [3.8, 4) is 56.6 Å². The Balaban J connectivity index is 0.00000361. The maximum atomic E-state index is 11.2. The monoisotopic (exact) mass is 825 g/mol. The van der Waals surface area contributed by atoms with Crippen molar-refractivity contribution in [2.75, 3.05) is 0 Å². The number of pyridine rings is 2. The Morgan fingerprint density at radius 1 is 0.580 bits per heavy atom. The average molecular weight is 826 g/mol. The number of benzene rings is 6. The van der Waals surface area contributed by atoms with Crippen LogP contribution in [0.1, 0.15) is 0 Å². The molecule has 0 radical (unpaired) electrons. The van der Waals surface area contributed by atoms with Crippen LogP contribution in [-0.4, -0.2) is 19.6 Å². The molecule has 9 rings (SSSR count). The smallest absolute Gasteiger partial charge is 0.225 e. The Morgan fingerprint density at radius 2 is 1.24 bits per heavy atom. The molecule has 0 unspecified atom stereocenters. The number of aromatic hydroxyl groups is 1. The summed E-state index contributed by atoms with van der Waals surface area (Å²) in [4.78, 5) is 9.73. The van der Waals surface area contributed by atoms with E-state index in [9.17, 15) is 5.11 Å². The molecule has 1 N–H and O–H groups in total. The minimum Gasteiger partial charge on any atom is -0.506 e. The maximum absolute atomic E-state index is 11.2. The summed E-state index contributed by atoms with van der Waals surface area (Å²) < 4.78 is 8.75. The van der Waals surface area contributed by atoms with Gasteiger partial charge in [0.2, 0.25) is 5.88 Å². The fourth-order valence-electron chi connectivity index (χ4n) is 6.58. The van der Waals surface area contributed by atoms with Gasteiger partial charge >= 0.3 is 0 Å². The number of nitrogens with zero attached hydrogens (tertiary/aromatic N) is 3. The minimum atomic E-state index is 0. The topological polar surface area (TPSA) is 60.2 Å². The zero-order chi connectivity index (χ0) is 32.7. The number of aromatic nitrogens is 3. The second-order valence-electron chi connectivity index (χ2n) is 11.9. The molecule has 6 heteroatoms. The van der Waals surface area contributed by atoms with E-state index in [1.54, 1.807) is 6.07 Å². The predicted molar refractivity (Wildman–Crippen MR) is 197 cm³/mol. The quantitative estimate of drug-likeness (QED) is 0.170. The summed E-state index contributed by atoms with van der Waals surface area (Å²) in [5.74, 6) is 1.75. The molecular weight excluding hydrogens is 798 g/mol. The number of phenols is 1. The average Bonchev–Trinajstić information content (AvgIpc) is 3.49. The van der Waals surface area contributed by atoms with Crippen LogP contribution in [0.3, 0.4) is 0 Å². The first-order valence-electron chi connectivity index (χ1n) is 16.1. The van der Waals surface area contributed by atoms with Crippen LogP contribution in [0.2, 0.25) is 0 Å². The van der Waals surface area contributed by atoms with Crippen molar-refractivity contribution in [2.24, 2.45) is 0 Å².